The molecule has 0 bridgehead atoms. The molecule has 0 radical (unpaired) electrons. The molecule has 0 atom stereocenters. The molecular formula is C19H20N6O4. The third-order valence-electron chi connectivity index (χ3n) is 4.03. The van der Waals surface area contributed by atoms with Gasteiger partial charge in [-0.25, -0.2) is 0 Å². The summed E-state index contributed by atoms with van der Waals surface area (Å²) < 4.78 is 10.5. The molecule has 2 aromatic carbocycles. The second kappa shape index (κ2) is 8.30. The van der Waals surface area contributed by atoms with Crippen molar-refractivity contribution in [1.82, 2.24) is 9.97 Å². The van der Waals surface area contributed by atoms with Crippen molar-refractivity contribution >= 4 is 34.6 Å². The third-order valence-corrected chi connectivity index (χ3v) is 4.03. The first-order valence-corrected chi connectivity index (χ1v) is 8.56. The Morgan fingerprint density at radius 1 is 1.07 bits per heavy atom. The highest BCUT2D eigenvalue weighted by Crippen LogP contribution is 2.36. The van der Waals surface area contributed by atoms with E-state index < -0.39 is 10.6 Å². The Kier molecular flexibility index (Phi) is 5.63. The second-order valence-electron chi connectivity index (χ2n) is 6.07. The molecule has 0 spiro atoms. The first kappa shape index (κ1) is 19.7. The molecule has 150 valence electrons. The Bertz CT molecular complexity index is 1060. The molecule has 29 heavy (non-hydrogen) atoms. The molecule has 0 saturated heterocycles. The SMILES string of the molecule is COc1ccc(OC)c(Nc2nc(Nc3cccc(C)c3)nc(N)c2[N+](=O)[O-])c1. The fourth-order valence-corrected chi connectivity index (χ4v) is 2.69. The van der Waals surface area contributed by atoms with Crippen LogP contribution in [0, 0.1) is 17.0 Å². The summed E-state index contributed by atoms with van der Waals surface area (Å²) >= 11 is 0. The van der Waals surface area contributed by atoms with Gasteiger partial charge in [0.25, 0.3) is 0 Å². The summed E-state index contributed by atoms with van der Waals surface area (Å²) in [7, 11) is 3.00. The predicted octanol–water partition coefficient (Wildman–Crippen LogP) is 3.78. The quantitative estimate of drug-likeness (QED) is 0.402. The fourth-order valence-electron chi connectivity index (χ4n) is 2.69. The number of nitrogens with zero attached hydrogens (tertiary/aromatic N) is 3. The van der Waals surface area contributed by atoms with E-state index >= 15 is 0 Å². The zero-order valence-corrected chi connectivity index (χ0v) is 16.1. The Labute approximate surface area is 166 Å². The van der Waals surface area contributed by atoms with Crippen LogP contribution in [-0.4, -0.2) is 29.1 Å². The van der Waals surface area contributed by atoms with Gasteiger partial charge in [-0.3, -0.25) is 10.1 Å². The number of ether oxygens (including phenoxy) is 2. The van der Waals surface area contributed by atoms with E-state index in [4.69, 9.17) is 15.2 Å². The van der Waals surface area contributed by atoms with Gasteiger partial charge in [0, 0.05) is 11.8 Å². The van der Waals surface area contributed by atoms with Crippen molar-refractivity contribution in [3.8, 4) is 11.5 Å². The van der Waals surface area contributed by atoms with E-state index in [2.05, 4.69) is 20.6 Å². The van der Waals surface area contributed by atoms with Crippen LogP contribution in [0.1, 0.15) is 5.56 Å². The number of aromatic nitrogens is 2. The zero-order valence-electron chi connectivity index (χ0n) is 16.1. The maximum Gasteiger partial charge on any atom is 0.353 e. The van der Waals surface area contributed by atoms with Crippen LogP contribution in [0.4, 0.5) is 34.6 Å². The molecule has 10 heteroatoms. The number of aryl methyl sites for hydroxylation is 1. The molecule has 0 aliphatic heterocycles. The molecule has 4 N–H and O–H groups in total. The van der Waals surface area contributed by atoms with E-state index in [-0.39, 0.29) is 17.6 Å². The average Bonchev–Trinajstić information content (AvgIpc) is 2.67. The Hall–Kier alpha value is -4.08. The summed E-state index contributed by atoms with van der Waals surface area (Å²) in [5, 5.41) is 17.5. The standard InChI is InChI=1S/C19H20N6O4/c1-11-5-4-6-12(9-11)21-19-23-17(20)16(25(26)27)18(24-19)22-14-10-13(28-2)7-8-15(14)29-3/h4-10H,1-3H3,(H4,20,21,22,23,24). The van der Waals surface area contributed by atoms with Gasteiger partial charge < -0.3 is 25.8 Å². The largest absolute Gasteiger partial charge is 0.497 e. The number of nitrogens with one attached hydrogen (secondary N) is 2. The summed E-state index contributed by atoms with van der Waals surface area (Å²) in [4.78, 5) is 19.2. The highest BCUT2D eigenvalue weighted by Gasteiger charge is 2.24. The van der Waals surface area contributed by atoms with Crippen LogP contribution in [-0.2, 0) is 0 Å². The van der Waals surface area contributed by atoms with Gasteiger partial charge in [-0.2, -0.15) is 9.97 Å². The summed E-state index contributed by atoms with van der Waals surface area (Å²) in [6, 6.07) is 12.5. The first-order valence-electron chi connectivity index (χ1n) is 8.56. The second-order valence-corrected chi connectivity index (χ2v) is 6.07. The molecular weight excluding hydrogens is 376 g/mol. The van der Waals surface area contributed by atoms with E-state index in [0.29, 0.717) is 17.2 Å². The van der Waals surface area contributed by atoms with Gasteiger partial charge >= 0.3 is 5.69 Å². The molecule has 0 amide bonds. The minimum Gasteiger partial charge on any atom is -0.497 e. The summed E-state index contributed by atoms with van der Waals surface area (Å²) in [5.41, 5.74) is 7.60. The number of benzene rings is 2. The van der Waals surface area contributed by atoms with Crippen molar-refractivity contribution in [2.75, 3.05) is 30.6 Å². The van der Waals surface area contributed by atoms with Gasteiger partial charge in [-0.05, 0) is 36.8 Å². The minimum absolute atomic E-state index is 0.0794. The molecule has 0 aliphatic carbocycles. The number of methoxy groups -OCH3 is 2. The van der Waals surface area contributed by atoms with Gasteiger partial charge in [0.15, 0.2) is 0 Å². The van der Waals surface area contributed by atoms with Crippen molar-refractivity contribution in [2.24, 2.45) is 0 Å². The van der Waals surface area contributed by atoms with Gasteiger partial charge in [0.2, 0.25) is 17.6 Å². The Morgan fingerprint density at radius 3 is 2.52 bits per heavy atom. The molecule has 0 unspecified atom stereocenters. The van der Waals surface area contributed by atoms with E-state index in [9.17, 15) is 10.1 Å². The number of hydrogen-bond donors (Lipinski definition) is 3. The highest BCUT2D eigenvalue weighted by atomic mass is 16.6. The van der Waals surface area contributed by atoms with E-state index in [1.165, 1.54) is 14.2 Å². The average molecular weight is 396 g/mol. The topological polar surface area (TPSA) is 137 Å². The third kappa shape index (κ3) is 4.43. The maximum atomic E-state index is 11.6. The van der Waals surface area contributed by atoms with Crippen molar-refractivity contribution in [3.63, 3.8) is 0 Å². The van der Waals surface area contributed by atoms with Crippen LogP contribution >= 0.6 is 0 Å². The van der Waals surface area contributed by atoms with E-state index in [1.54, 1.807) is 18.2 Å². The van der Waals surface area contributed by atoms with Crippen LogP contribution in [0.5, 0.6) is 11.5 Å². The molecule has 10 nitrogen and oxygen atoms in total. The van der Waals surface area contributed by atoms with Crippen molar-refractivity contribution < 1.29 is 14.4 Å². The normalized spacial score (nSPS) is 10.3. The Balaban J connectivity index is 2.04. The molecule has 0 saturated carbocycles. The minimum atomic E-state index is -0.638. The highest BCUT2D eigenvalue weighted by molar-refractivity contribution is 5.77. The molecule has 3 aromatic rings. The number of anilines is 5. The van der Waals surface area contributed by atoms with Crippen LogP contribution in [0.25, 0.3) is 0 Å². The lowest BCUT2D eigenvalue weighted by Crippen LogP contribution is -2.09. The van der Waals surface area contributed by atoms with Crippen molar-refractivity contribution in [1.29, 1.82) is 0 Å². The monoisotopic (exact) mass is 396 g/mol. The fraction of sp³-hybridized carbons (Fsp3) is 0.158. The lowest BCUT2D eigenvalue weighted by molar-refractivity contribution is -0.383. The number of nitro groups is 1. The van der Waals surface area contributed by atoms with Gasteiger partial charge in [0.1, 0.15) is 11.5 Å². The van der Waals surface area contributed by atoms with Crippen molar-refractivity contribution in [3.05, 3.63) is 58.1 Å². The molecule has 0 fully saturated rings. The van der Waals surface area contributed by atoms with Crippen LogP contribution in [0.3, 0.4) is 0 Å². The molecule has 1 heterocycles. The maximum absolute atomic E-state index is 11.6. The molecule has 0 aliphatic rings. The number of nitrogens with two attached hydrogens (primary N) is 1. The number of hydrogen-bond acceptors (Lipinski definition) is 9. The molecule has 3 rings (SSSR count). The summed E-state index contributed by atoms with van der Waals surface area (Å²) in [6.45, 7) is 1.94. The first-order chi connectivity index (χ1) is 13.9. The van der Waals surface area contributed by atoms with Crippen LogP contribution in [0.15, 0.2) is 42.5 Å². The zero-order chi connectivity index (χ0) is 21.0. The van der Waals surface area contributed by atoms with Gasteiger partial charge in [-0.1, -0.05) is 12.1 Å². The summed E-state index contributed by atoms with van der Waals surface area (Å²) in [6.07, 6.45) is 0. The van der Waals surface area contributed by atoms with Crippen molar-refractivity contribution in [2.45, 2.75) is 6.92 Å². The lowest BCUT2D eigenvalue weighted by Gasteiger charge is -2.14. The number of nitrogen functional groups attached to an aromatic ring is 1. The predicted molar refractivity (Wildman–Crippen MR) is 110 cm³/mol. The summed E-state index contributed by atoms with van der Waals surface area (Å²) in [5.74, 6) is 0.748. The van der Waals surface area contributed by atoms with E-state index in [1.807, 2.05) is 31.2 Å². The Morgan fingerprint density at radius 2 is 1.86 bits per heavy atom. The van der Waals surface area contributed by atoms with E-state index in [0.717, 1.165) is 11.3 Å². The van der Waals surface area contributed by atoms with Gasteiger partial charge in [-0.15, -0.1) is 0 Å². The van der Waals surface area contributed by atoms with Gasteiger partial charge in [0.05, 0.1) is 24.8 Å². The smallest absolute Gasteiger partial charge is 0.353 e. The molecule has 1 aromatic heterocycles. The van der Waals surface area contributed by atoms with Crippen LogP contribution in [0.2, 0.25) is 0 Å². The van der Waals surface area contributed by atoms with Crippen LogP contribution < -0.4 is 25.8 Å². The number of rotatable bonds is 7. The lowest BCUT2D eigenvalue weighted by atomic mass is 10.2.